The van der Waals surface area contributed by atoms with Crippen LogP contribution in [0.3, 0.4) is 0 Å². The molecular formula is C11H11FN2O2. The van der Waals surface area contributed by atoms with Gasteiger partial charge in [0.1, 0.15) is 0 Å². The molecule has 0 saturated heterocycles. The molecule has 1 rings (SSSR count). The third-order valence-electron chi connectivity index (χ3n) is 2.10. The molecule has 1 aromatic carbocycles. The van der Waals surface area contributed by atoms with Gasteiger partial charge < -0.3 is 5.32 Å². The number of nitrogens with one attached hydrogen (secondary N) is 1. The van der Waals surface area contributed by atoms with E-state index < -0.39 is 10.7 Å². The smallest absolute Gasteiger partial charge is 0.272 e. The van der Waals surface area contributed by atoms with Gasteiger partial charge >= 0.3 is 0 Å². The van der Waals surface area contributed by atoms with E-state index in [1.165, 1.54) is 12.1 Å². The maximum Gasteiger partial charge on any atom is 0.272 e. The van der Waals surface area contributed by atoms with Crippen LogP contribution < -0.4 is 5.32 Å². The molecule has 0 saturated carbocycles. The Morgan fingerprint density at radius 1 is 1.69 bits per heavy atom. The molecule has 0 aliphatic carbocycles. The Bertz CT molecular complexity index is 440. The first-order valence-corrected chi connectivity index (χ1v) is 4.75. The predicted octanol–water partition coefficient (Wildman–Crippen LogP) is 2.56. The van der Waals surface area contributed by atoms with Crippen molar-refractivity contribution in [2.24, 2.45) is 0 Å². The highest BCUT2D eigenvalue weighted by Gasteiger charge is 2.12. The molecular weight excluding hydrogens is 211 g/mol. The van der Waals surface area contributed by atoms with E-state index in [-0.39, 0.29) is 17.4 Å². The summed E-state index contributed by atoms with van der Waals surface area (Å²) in [6.07, 6.45) is 5.86. The van der Waals surface area contributed by atoms with Gasteiger partial charge in [-0.25, -0.2) is 4.39 Å². The fraction of sp³-hybridized carbons (Fsp3) is 0.273. The zero-order valence-electron chi connectivity index (χ0n) is 8.74. The zero-order valence-corrected chi connectivity index (χ0v) is 8.74. The van der Waals surface area contributed by atoms with E-state index in [2.05, 4.69) is 11.2 Å². The Labute approximate surface area is 92.6 Å². The van der Waals surface area contributed by atoms with Gasteiger partial charge in [-0.1, -0.05) is 12.8 Å². The van der Waals surface area contributed by atoms with Crippen molar-refractivity contribution in [2.45, 2.75) is 19.4 Å². The van der Waals surface area contributed by atoms with E-state index in [4.69, 9.17) is 6.42 Å². The summed E-state index contributed by atoms with van der Waals surface area (Å²) in [5, 5.41) is 13.2. The van der Waals surface area contributed by atoms with Gasteiger partial charge in [0.25, 0.3) is 5.69 Å². The van der Waals surface area contributed by atoms with Gasteiger partial charge in [0.2, 0.25) is 0 Å². The van der Waals surface area contributed by atoms with Crippen molar-refractivity contribution in [1.82, 2.24) is 0 Å². The van der Waals surface area contributed by atoms with Gasteiger partial charge in [-0.05, 0) is 12.5 Å². The van der Waals surface area contributed by atoms with E-state index >= 15 is 0 Å². The van der Waals surface area contributed by atoms with Crippen LogP contribution in [-0.2, 0) is 0 Å². The van der Waals surface area contributed by atoms with Gasteiger partial charge in [0, 0.05) is 6.07 Å². The summed E-state index contributed by atoms with van der Waals surface area (Å²) in [5.41, 5.74) is -0.104. The van der Waals surface area contributed by atoms with Crippen molar-refractivity contribution in [2.75, 3.05) is 5.32 Å². The largest absolute Gasteiger partial charge is 0.369 e. The summed E-state index contributed by atoms with van der Waals surface area (Å²) < 4.78 is 13.4. The topological polar surface area (TPSA) is 55.2 Å². The molecule has 16 heavy (non-hydrogen) atoms. The van der Waals surface area contributed by atoms with Gasteiger partial charge in [-0.15, -0.1) is 6.42 Å². The van der Waals surface area contributed by atoms with Crippen LogP contribution >= 0.6 is 0 Å². The number of nitro benzene ring substituents is 1. The second kappa shape index (κ2) is 5.12. The van der Waals surface area contributed by atoms with Crippen molar-refractivity contribution < 1.29 is 9.31 Å². The number of terminal acetylenes is 1. The molecule has 0 aliphatic heterocycles. The lowest BCUT2D eigenvalue weighted by Gasteiger charge is -2.12. The summed E-state index contributed by atoms with van der Waals surface area (Å²) in [7, 11) is 0. The SMILES string of the molecule is C#CC(CC)Nc1ccc([N+](=O)[O-])cc1F. The van der Waals surface area contributed by atoms with Gasteiger partial charge in [-0.3, -0.25) is 10.1 Å². The number of benzene rings is 1. The highest BCUT2D eigenvalue weighted by Crippen LogP contribution is 2.21. The van der Waals surface area contributed by atoms with E-state index in [0.717, 1.165) is 6.07 Å². The van der Waals surface area contributed by atoms with Gasteiger partial charge in [-0.2, -0.15) is 0 Å². The van der Waals surface area contributed by atoms with Gasteiger partial charge in [0.05, 0.1) is 22.7 Å². The number of hydrogen-bond acceptors (Lipinski definition) is 3. The van der Waals surface area contributed by atoms with Crippen molar-refractivity contribution in [1.29, 1.82) is 0 Å². The number of non-ortho nitro benzene ring substituents is 1. The standard InChI is InChI=1S/C11H11FN2O2/c1-3-8(4-2)13-11-6-5-9(14(15)16)7-10(11)12/h1,5-8,13H,4H2,2H3. The van der Waals surface area contributed by atoms with Crippen LogP contribution in [0.25, 0.3) is 0 Å². The number of hydrogen-bond donors (Lipinski definition) is 1. The number of rotatable bonds is 4. The van der Waals surface area contributed by atoms with Crippen LogP contribution in [0.5, 0.6) is 0 Å². The summed E-state index contributed by atoms with van der Waals surface area (Å²) in [4.78, 5) is 9.74. The molecule has 0 aliphatic rings. The molecule has 0 bridgehead atoms. The van der Waals surface area contributed by atoms with Crippen LogP contribution in [0.2, 0.25) is 0 Å². The molecule has 84 valence electrons. The second-order valence-electron chi connectivity index (χ2n) is 3.19. The molecule has 5 heteroatoms. The number of nitro groups is 1. The Hall–Kier alpha value is -2.09. The molecule has 1 aromatic rings. The Balaban J connectivity index is 2.92. The Kier molecular flexibility index (Phi) is 3.84. The second-order valence-corrected chi connectivity index (χ2v) is 3.19. The lowest BCUT2D eigenvalue weighted by molar-refractivity contribution is -0.385. The van der Waals surface area contributed by atoms with Crippen LogP contribution in [0.15, 0.2) is 18.2 Å². The average molecular weight is 222 g/mol. The number of halogens is 1. The maximum absolute atomic E-state index is 13.4. The first-order valence-electron chi connectivity index (χ1n) is 4.75. The maximum atomic E-state index is 13.4. The summed E-state index contributed by atoms with van der Waals surface area (Å²) in [6, 6.07) is 3.13. The highest BCUT2D eigenvalue weighted by atomic mass is 19.1. The molecule has 1 N–H and O–H groups in total. The summed E-state index contributed by atoms with van der Waals surface area (Å²) in [6.45, 7) is 1.86. The van der Waals surface area contributed by atoms with Crippen LogP contribution in [-0.4, -0.2) is 11.0 Å². The molecule has 0 spiro atoms. The van der Waals surface area contributed by atoms with E-state index in [1.807, 2.05) is 6.92 Å². The average Bonchev–Trinajstić information content (AvgIpc) is 2.27. The summed E-state index contributed by atoms with van der Waals surface area (Å²) >= 11 is 0. The van der Waals surface area contributed by atoms with E-state index in [0.29, 0.717) is 6.42 Å². The molecule has 1 unspecified atom stereocenters. The minimum absolute atomic E-state index is 0.176. The van der Waals surface area contributed by atoms with Crippen LogP contribution in [0.4, 0.5) is 15.8 Å². The van der Waals surface area contributed by atoms with Crippen molar-refractivity contribution in [3.8, 4) is 12.3 Å². The lowest BCUT2D eigenvalue weighted by Crippen LogP contribution is -2.16. The Morgan fingerprint density at radius 3 is 2.81 bits per heavy atom. The first kappa shape index (κ1) is 12.0. The monoisotopic (exact) mass is 222 g/mol. The predicted molar refractivity (Wildman–Crippen MR) is 59.6 cm³/mol. The third-order valence-corrected chi connectivity index (χ3v) is 2.10. The highest BCUT2D eigenvalue weighted by molar-refractivity contribution is 5.51. The lowest BCUT2D eigenvalue weighted by atomic mass is 10.2. The Morgan fingerprint density at radius 2 is 2.38 bits per heavy atom. The van der Waals surface area contributed by atoms with Crippen molar-refractivity contribution in [3.05, 3.63) is 34.1 Å². The molecule has 0 aromatic heterocycles. The van der Waals surface area contributed by atoms with Crippen LogP contribution in [0.1, 0.15) is 13.3 Å². The van der Waals surface area contributed by atoms with Crippen LogP contribution in [0, 0.1) is 28.3 Å². The molecule has 0 fully saturated rings. The molecule has 0 heterocycles. The van der Waals surface area contributed by atoms with E-state index in [9.17, 15) is 14.5 Å². The fourth-order valence-corrected chi connectivity index (χ4v) is 1.18. The molecule has 0 amide bonds. The van der Waals surface area contributed by atoms with E-state index in [1.54, 1.807) is 0 Å². The van der Waals surface area contributed by atoms with Crippen molar-refractivity contribution in [3.63, 3.8) is 0 Å². The van der Waals surface area contributed by atoms with Crippen molar-refractivity contribution >= 4 is 11.4 Å². The zero-order chi connectivity index (χ0) is 12.1. The summed E-state index contributed by atoms with van der Waals surface area (Å²) in [5.74, 6) is 1.78. The van der Waals surface area contributed by atoms with Gasteiger partial charge in [0.15, 0.2) is 5.82 Å². The first-order chi connectivity index (χ1) is 7.58. The minimum Gasteiger partial charge on any atom is -0.369 e. The number of nitrogens with zero attached hydrogens (tertiary/aromatic N) is 1. The molecule has 4 nitrogen and oxygen atoms in total. The normalized spacial score (nSPS) is 11.6. The third kappa shape index (κ3) is 2.70. The molecule has 0 radical (unpaired) electrons. The molecule has 1 atom stereocenters. The fourth-order valence-electron chi connectivity index (χ4n) is 1.18. The quantitative estimate of drug-likeness (QED) is 0.484. The number of anilines is 1. The minimum atomic E-state index is -0.678.